The van der Waals surface area contributed by atoms with Crippen molar-refractivity contribution in [2.24, 2.45) is 0 Å². The lowest BCUT2D eigenvalue weighted by atomic mass is 10.3. The molecule has 0 radical (unpaired) electrons. The molecule has 1 aromatic carbocycles. The fourth-order valence-corrected chi connectivity index (χ4v) is 1.46. The Bertz CT molecular complexity index is 504. The molecule has 2 aromatic rings. The fraction of sp³-hybridized carbons (Fsp3) is 0.167. The Hall–Kier alpha value is -2.01. The van der Waals surface area contributed by atoms with Gasteiger partial charge in [-0.3, -0.25) is 0 Å². The van der Waals surface area contributed by atoms with Crippen LogP contribution in [0.5, 0.6) is 5.75 Å². The van der Waals surface area contributed by atoms with Gasteiger partial charge in [-0.05, 0) is 24.3 Å². The lowest BCUT2D eigenvalue weighted by molar-refractivity contribution is 0.333. The van der Waals surface area contributed by atoms with Crippen molar-refractivity contribution >= 4 is 23.1 Å². The van der Waals surface area contributed by atoms with E-state index in [1.807, 2.05) is 18.2 Å². The molecular formula is C12H13ClN4O. The van der Waals surface area contributed by atoms with E-state index in [2.05, 4.69) is 15.5 Å². The second kappa shape index (κ2) is 6.07. The molecule has 0 aliphatic carbocycles. The predicted octanol–water partition coefficient (Wildman–Crippen LogP) is 2.20. The van der Waals surface area contributed by atoms with E-state index in [9.17, 15) is 0 Å². The van der Waals surface area contributed by atoms with E-state index in [0.29, 0.717) is 29.8 Å². The van der Waals surface area contributed by atoms with Gasteiger partial charge in [-0.1, -0.05) is 17.7 Å². The molecule has 1 heterocycles. The zero-order chi connectivity index (χ0) is 12.8. The molecule has 1 aromatic heterocycles. The van der Waals surface area contributed by atoms with Gasteiger partial charge < -0.3 is 15.8 Å². The molecule has 94 valence electrons. The summed E-state index contributed by atoms with van der Waals surface area (Å²) in [5.41, 5.74) is 6.33. The van der Waals surface area contributed by atoms with Crippen LogP contribution < -0.4 is 15.8 Å². The van der Waals surface area contributed by atoms with Crippen LogP contribution in [0.3, 0.4) is 0 Å². The Morgan fingerprint density at radius 1 is 1.22 bits per heavy atom. The molecule has 5 nitrogen and oxygen atoms in total. The summed E-state index contributed by atoms with van der Waals surface area (Å²) >= 11 is 5.63. The van der Waals surface area contributed by atoms with Gasteiger partial charge in [0.15, 0.2) is 5.15 Å². The van der Waals surface area contributed by atoms with Crippen molar-refractivity contribution in [3.05, 3.63) is 41.6 Å². The third-order valence-electron chi connectivity index (χ3n) is 2.17. The van der Waals surface area contributed by atoms with Gasteiger partial charge in [0.25, 0.3) is 0 Å². The Balaban J connectivity index is 1.74. The van der Waals surface area contributed by atoms with Crippen molar-refractivity contribution in [2.75, 3.05) is 24.2 Å². The van der Waals surface area contributed by atoms with Crippen molar-refractivity contribution < 1.29 is 4.74 Å². The molecule has 0 aliphatic heterocycles. The molecule has 0 aliphatic rings. The number of nitrogens with one attached hydrogen (secondary N) is 1. The summed E-state index contributed by atoms with van der Waals surface area (Å²) in [6.45, 7) is 1.12. The van der Waals surface area contributed by atoms with Crippen LogP contribution in [0.25, 0.3) is 0 Å². The molecule has 6 heteroatoms. The standard InChI is InChI=1S/C12H13ClN4O/c13-11-4-5-12(17-16-11)15-6-7-18-10-3-1-2-9(14)8-10/h1-5,8H,6-7,14H2,(H,15,17). The number of nitrogen functional groups attached to an aromatic ring is 1. The number of anilines is 2. The number of halogens is 1. The van der Waals surface area contributed by atoms with Gasteiger partial charge in [0.05, 0.1) is 6.54 Å². The Kier molecular flexibility index (Phi) is 4.20. The highest BCUT2D eigenvalue weighted by Gasteiger charge is 1.96. The van der Waals surface area contributed by atoms with Gasteiger partial charge in [0.1, 0.15) is 18.2 Å². The molecule has 0 saturated heterocycles. The Labute approximate surface area is 110 Å². The summed E-state index contributed by atoms with van der Waals surface area (Å²) < 4.78 is 5.52. The monoisotopic (exact) mass is 264 g/mol. The van der Waals surface area contributed by atoms with E-state index in [1.54, 1.807) is 18.2 Å². The van der Waals surface area contributed by atoms with Crippen LogP contribution in [0.15, 0.2) is 36.4 Å². The maximum absolute atomic E-state index is 5.64. The molecule has 0 bridgehead atoms. The highest BCUT2D eigenvalue weighted by Crippen LogP contribution is 2.14. The summed E-state index contributed by atoms with van der Waals surface area (Å²) in [6.07, 6.45) is 0. The predicted molar refractivity (Wildman–Crippen MR) is 71.9 cm³/mol. The van der Waals surface area contributed by atoms with Crippen LogP contribution in [0.2, 0.25) is 5.15 Å². The minimum absolute atomic E-state index is 0.372. The SMILES string of the molecule is Nc1cccc(OCCNc2ccc(Cl)nn2)c1. The zero-order valence-corrected chi connectivity index (χ0v) is 10.4. The normalized spacial score (nSPS) is 10.1. The number of benzene rings is 1. The second-order valence-corrected chi connectivity index (χ2v) is 3.98. The van der Waals surface area contributed by atoms with Gasteiger partial charge in [-0.25, -0.2) is 0 Å². The smallest absolute Gasteiger partial charge is 0.151 e. The average Bonchev–Trinajstić information content (AvgIpc) is 2.37. The molecule has 0 unspecified atom stereocenters. The average molecular weight is 265 g/mol. The first-order chi connectivity index (χ1) is 8.74. The summed E-state index contributed by atoms with van der Waals surface area (Å²) in [6, 6.07) is 10.7. The lowest BCUT2D eigenvalue weighted by Gasteiger charge is -2.08. The first-order valence-electron chi connectivity index (χ1n) is 5.45. The number of nitrogens with two attached hydrogens (primary N) is 1. The van der Waals surface area contributed by atoms with Crippen LogP contribution in [-0.2, 0) is 0 Å². The molecule has 2 rings (SSSR count). The van der Waals surface area contributed by atoms with Gasteiger partial charge in [-0.15, -0.1) is 10.2 Å². The van der Waals surface area contributed by atoms with Crippen LogP contribution in [-0.4, -0.2) is 23.3 Å². The maximum Gasteiger partial charge on any atom is 0.151 e. The van der Waals surface area contributed by atoms with Crippen molar-refractivity contribution in [1.82, 2.24) is 10.2 Å². The summed E-state index contributed by atoms with van der Waals surface area (Å²) in [4.78, 5) is 0. The Morgan fingerprint density at radius 3 is 2.83 bits per heavy atom. The van der Waals surface area contributed by atoms with Crippen molar-refractivity contribution in [2.45, 2.75) is 0 Å². The van der Waals surface area contributed by atoms with E-state index in [1.165, 1.54) is 0 Å². The Morgan fingerprint density at radius 2 is 2.11 bits per heavy atom. The van der Waals surface area contributed by atoms with Crippen molar-refractivity contribution in [3.8, 4) is 5.75 Å². The molecule has 18 heavy (non-hydrogen) atoms. The van der Waals surface area contributed by atoms with Gasteiger partial charge in [-0.2, -0.15) is 0 Å². The van der Waals surface area contributed by atoms with Crippen LogP contribution in [0.4, 0.5) is 11.5 Å². The molecule has 3 N–H and O–H groups in total. The van der Waals surface area contributed by atoms with Gasteiger partial charge in [0, 0.05) is 11.8 Å². The van der Waals surface area contributed by atoms with Crippen LogP contribution >= 0.6 is 11.6 Å². The largest absolute Gasteiger partial charge is 0.492 e. The highest BCUT2D eigenvalue weighted by atomic mass is 35.5. The van der Waals surface area contributed by atoms with Crippen LogP contribution in [0.1, 0.15) is 0 Å². The van der Waals surface area contributed by atoms with Crippen molar-refractivity contribution in [3.63, 3.8) is 0 Å². The number of rotatable bonds is 5. The number of ether oxygens (including phenoxy) is 1. The van der Waals surface area contributed by atoms with E-state index < -0.39 is 0 Å². The third-order valence-corrected chi connectivity index (χ3v) is 2.37. The summed E-state index contributed by atoms with van der Waals surface area (Å²) in [5.74, 6) is 1.41. The fourth-order valence-electron chi connectivity index (χ4n) is 1.36. The maximum atomic E-state index is 5.64. The lowest BCUT2D eigenvalue weighted by Crippen LogP contribution is -2.12. The topological polar surface area (TPSA) is 73.1 Å². The summed E-state index contributed by atoms with van der Waals surface area (Å²) in [7, 11) is 0. The van der Waals surface area contributed by atoms with Gasteiger partial charge in [0.2, 0.25) is 0 Å². The molecule has 0 saturated carbocycles. The minimum atomic E-state index is 0.372. The molecule has 0 spiro atoms. The quantitative estimate of drug-likeness (QED) is 0.640. The molecule has 0 fully saturated rings. The summed E-state index contributed by atoms with van der Waals surface area (Å²) in [5, 5.41) is 11.0. The van der Waals surface area contributed by atoms with E-state index in [4.69, 9.17) is 22.1 Å². The van der Waals surface area contributed by atoms with Crippen LogP contribution in [0, 0.1) is 0 Å². The number of nitrogens with zero attached hydrogens (tertiary/aromatic N) is 2. The highest BCUT2D eigenvalue weighted by molar-refractivity contribution is 6.29. The first-order valence-corrected chi connectivity index (χ1v) is 5.83. The third kappa shape index (κ3) is 3.78. The number of aromatic nitrogens is 2. The minimum Gasteiger partial charge on any atom is -0.492 e. The van der Waals surface area contributed by atoms with E-state index in [0.717, 1.165) is 5.75 Å². The molecule has 0 amide bonds. The van der Waals surface area contributed by atoms with E-state index in [-0.39, 0.29) is 0 Å². The molecular weight excluding hydrogens is 252 g/mol. The van der Waals surface area contributed by atoms with E-state index >= 15 is 0 Å². The zero-order valence-electron chi connectivity index (χ0n) is 9.64. The van der Waals surface area contributed by atoms with Gasteiger partial charge >= 0.3 is 0 Å². The molecule has 0 atom stereocenters. The second-order valence-electron chi connectivity index (χ2n) is 3.59. The number of hydrogen-bond donors (Lipinski definition) is 2. The van der Waals surface area contributed by atoms with Crippen molar-refractivity contribution in [1.29, 1.82) is 0 Å². The number of hydrogen-bond acceptors (Lipinski definition) is 5. The first kappa shape index (κ1) is 12.4.